The number of hydrogen-bond acceptors (Lipinski definition) is 3. The molecular weight excluding hydrogens is 304 g/mol. The lowest BCUT2D eigenvalue weighted by atomic mass is 9.97. The molecule has 0 radical (unpaired) electrons. The number of amides is 3. The van der Waals surface area contributed by atoms with Crippen molar-refractivity contribution >= 4 is 17.6 Å². The first-order chi connectivity index (χ1) is 11.2. The van der Waals surface area contributed by atoms with Gasteiger partial charge in [-0.05, 0) is 36.7 Å². The number of carbonyl (C=O) groups is 2. The number of likely N-dealkylation sites (N-methyl/N-ethyl adjacent to an activating group) is 1. The largest absolute Gasteiger partial charge is 0.337 e. The zero-order chi connectivity index (χ0) is 17.7. The SMILES string of the molecule is CN1CCN(C(=O)c2ccc(NC(=O)NCC(C)(C)C)cc2)CC1. The average molecular weight is 332 g/mol. The number of hydrogen-bond donors (Lipinski definition) is 2. The number of urea groups is 1. The molecule has 0 saturated carbocycles. The fraction of sp³-hybridized carbons (Fsp3) is 0.556. The normalized spacial score (nSPS) is 15.9. The van der Waals surface area contributed by atoms with Crippen LogP contribution in [0.15, 0.2) is 24.3 Å². The molecule has 6 heteroatoms. The lowest BCUT2D eigenvalue weighted by Crippen LogP contribution is -2.47. The van der Waals surface area contributed by atoms with Crippen LogP contribution in [0.3, 0.4) is 0 Å². The Balaban J connectivity index is 1.88. The van der Waals surface area contributed by atoms with E-state index in [-0.39, 0.29) is 17.4 Å². The van der Waals surface area contributed by atoms with Gasteiger partial charge in [-0.15, -0.1) is 0 Å². The number of benzene rings is 1. The first-order valence-electron chi connectivity index (χ1n) is 8.37. The van der Waals surface area contributed by atoms with E-state index in [0.717, 1.165) is 26.2 Å². The minimum atomic E-state index is -0.233. The van der Waals surface area contributed by atoms with Crippen LogP contribution in [-0.2, 0) is 0 Å². The van der Waals surface area contributed by atoms with Crippen molar-refractivity contribution in [1.82, 2.24) is 15.1 Å². The van der Waals surface area contributed by atoms with E-state index < -0.39 is 0 Å². The van der Waals surface area contributed by atoms with Crippen LogP contribution in [0.2, 0.25) is 0 Å². The highest BCUT2D eigenvalue weighted by Crippen LogP contribution is 2.14. The Labute approximate surface area is 144 Å². The molecule has 1 aromatic rings. The predicted molar refractivity (Wildman–Crippen MR) is 96.3 cm³/mol. The standard InChI is InChI=1S/C18H28N4O2/c1-18(2,3)13-19-17(24)20-15-7-5-14(6-8-15)16(23)22-11-9-21(4)10-12-22/h5-8H,9-13H2,1-4H3,(H2,19,20,24). The van der Waals surface area contributed by atoms with Crippen LogP contribution in [0.5, 0.6) is 0 Å². The summed E-state index contributed by atoms with van der Waals surface area (Å²) in [4.78, 5) is 28.4. The molecule has 1 saturated heterocycles. The van der Waals surface area contributed by atoms with Crippen molar-refractivity contribution in [1.29, 1.82) is 0 Å². The monoisotopic (exact) mass is 332 g/mol. The number of anilines is 1. The summed E-state index contributed by atoms with van der Waals surface area (Å²) in [5.41, 5.74) is 1.37. The molecule has 1 fully saturated rings. The van der Waals surface area contributed by atoms with Crippen LogP contribution in [0, 0.1) is 5.41 Å². The molecule has 0 atom stereocenters. The van der Waals surface area contributed by atoms with Gasteiger partial charge in [-0.25, -0.2) is 4.79 Å². The first kappa shape index (κ1) is 18.3. The third-order valence-corrected chi connectivity index (χ3v) is 3.96. The summed E-state index contributed by atoms with van der Waals surface area (Å²) in [6, 6.07) is 6.82. The van der Waals surface area contributed by atoms with Gasteiger partial charge in [-0.1, -0.05) is 20.8 Å². The molecule has 0 bridgehead atoms. The third kappa shape index (κ3) is 5.53. The van der Waals surface area contributed by atoms with Gasteiger partial charge in [-0.2, -0.15) is 0 Å². The molecule has 1 heterocycles. The molecule has 0 aliphatic carbocycles. The lowest BCUT2D eigenvalue weighted by molar-refractivity contribution is 0.0664. The van der Waals surface area contributed by atoms with Gasteiger partial charge in [0.15, 0.2) is 0 Å². The topological polar surface area (TPSA) is 64.7 Å². The van der Waals surface area contributed by atoms with Crippen molar-refractivity contribution < 1.29 is 9.59 Å². The van der Waals surface area contributed by atoms with Crippen molar-refractivity contribution in [2.75, 3.05) is 45.1 Å². The van der Waals surface area contributed by atoms with Gasteiger partial charge in [0, 0.05) is 44.0 Å². The molecule has 3 amide bonds. The van der Waals surface area contributed by atoms with Gasteiger partial charge < -0.3 is 20.4 Å². The number of nitrogens with zero attached hydrogens (tertiary/aromatic N) is 2. The maximum Gasteiger partial charge on any atom is 0.319 e. The minimum Gasteiger partial charge on any atom is -0.337 e. The van der Waals surface area contributed by atoms with Gasteiger partial charge in [-0.3, -0.25) is 4.79 Å². The van der Waals surface area contributed by atoms with E-state index in [4.69, 9.17) is 0 Å². The molecule has 24 heavy (non-hydrogen) atoms. The molecule has 6 nitrogen and oxygen atoms in total. The summed E-state index contributed by atoms with van der Waals surface area (Å²) in [5.74, 6) is 0.0480. The average Bonchev–Trinajstić information content (AvgIpc) is 2.53. The molecule has 0 aromatic heterocycles. The number of rotatable bonds is 3. The quantitative estimate of drug-likeness (QED) is 0.892. The Hall–Kier alpha value is -2.08. The Morgan fingerprint density at radius 2 is 1.62 bits per heavy atom. The zero-order valence-electron chi connectivity index (χ0n) is 15.1. The second kappa shape index (κ2) is 7.66. The molecule has 2 rings (SSSR count). The summed E-state index contributed by atoms with van der Waals surface area (Å²) in [6.45, 7) is 10.1. The fourth-order valence-corrected chi connectivity index (χ4v) is 2.41. The van der Waals surface area contributed by atoms with E-state index in [1.807, 2.05) is 4.90 Å². The molecule has 2 N–H and O–H groups in total. The van der Waals surface area contributed by atoms with Gasteiger partial charge in [0.1, 0.15) is 0 Å². The second-order valence-electron chi connectivity index (χ2n) is 7.54. The number of piperazine rings is 1. The zero-order valence-corrected chi connectivity index (χ0v) is 15.1. The Kier molecular flexibility index (Phi) is 5.83. The molecular formula is C18H28N4O2. The molecule has 1 aliphatic heterocycles. The fourth-order valence-electron chi connectivity index (χ4n) is 2.41. The van der Waals surface area contributed by atoms with E-state index >= 15 is 0 Å². The molecule has 1 aromatic carbocycles. The van der Waals surface area contributed by atoms with Crippen molar-refractivity contribution in [2.24, 2.45) is 5.41 Å². The molecule has 1 aliphatic rings. The van der Waals surface area contributed by atoms with Crippen LogP contribution in [-0.4, -0.2) is 61.5 Å². The van der Waals surface area contributed by atoms with Crippen molar-refractivity contribution in [3.63, 3.8) is 0 Å². The van der Waals surface area contributed by atoms with E-state index in [9.17, 15) is 9.59 Å². The minimum absolute atomic E-state index is 0.0378. The predicted octanol–water partition coefficient (Wildman–Crippen LogP) is 2.24. The third-order valence-electron chi connectivity index (χ3n) is 3.96. The van der Waals surface area contributed by atoms with Crippen LogP contribution < -0.4 is 10.6 Å². The summed E-state index contributed by atoms with van der Waals surface area (Å²) >= 11 is 0. The summed E-state index contributed by atoms with van der Waals surface area (Å²) in [6.07, 6.45) is 0. The van der Waals surface area contributed by atoms with E-state index in [2.05, 4.69) is 43.4 Å². The maximum atomic E-state index is 12.5. The smallest absolute Gasteiger partial charge is 0.319 e. The summed E-state index contributed by atoms with van der Waals surface area (Å²) in [7, 11) is 2.06. The van der Waals surface area contributed by atoms with Crippen molar-refractivity contribution in [3.8, 4) is 0 Å². The molecule has 132 valence electrons. The van der Waals surface area contributed by atoms with Crippen molar-refractivity contribution in [3.05, 3.63) is 29.8 Å². The molecule has 0 unspecified atom stereocenters. The van der Waals surface area contributed by atoms with Crippen LogP contribution in [0.25, 0.3) is 0 Å². The Bertz CT molecular complexity index is 570. The number of carbonyl (C=O) groups excluding carboxylic acids is 2. The van der Waals surface area contributed by atoms with E-state index in [1.54, 1.807) is 24.3 Å². The number of nitrogens with one attached hydrogen (secondary N) is 2. The highest BCUT2D eigenvalue weighted by Gasteiger charge is 2.20. The Morgan fingerprint density at radius 3 is 2.17 bits per heavy atom. The summed E-state index contributed by atoms with van der Waals surface area (Å²) in [5, 5.41) is 5.62. The highest BCUT2D eigenvalue weighted by molar-refractivity contribution is 5.95. The van der Waals surface area contributed by atoms with Gasteiger partial charge in [0.2, 0.25) is 0 Å². The van der Waals surface area contributed by atoms with E-state index in [1.165, 1.54) is 0 Å². The van der Waals surface area contributed by atoms with Gasteiger partial charge in [0.25, 0.3) is 5.91 Å². The maximum absolute atomic E-state index is 12.5. The second-order valence-corrected chi connectivity index (χ2v) is 7.54. The van der Waals surface area contributed by atoms with Gasteiger partial charge in [0.05, 0.1) is 0 Å². The lowest BCUT2D eigenvalue weighted by Gasteiger charge is -2.32. The highest BCUT2D eigenvalue weighted by atomic mass is 16.2. The van der Waals surface area contributed by atoms with Crippen molar-refractivity contribution in [2.45, 2.75) is 20.8 Å². The summed E-state index contributed by atoms with van der Waals surface area (Å²) < 4.78 is 0. The Morgan fingerprint density at radius 1 is 1.04 bits per heavy atom. The van der Waals surface area contributed by atoms with Crippen LogP contribution in [0.4, 0.5) is 10.5 Å². The van der Waals surface area contributed by atoms with Crippen LogP contribution >= 0.6 is 0 Å². The first-order valence-corrected chi connectivity index (χ1v) is 8.37. The van der Waals surface area contributed by atoms with Gasteiger partial charge >= 0.3 is 6.03 Å². The molecule has 0 spiro atoms. The van der Waals surface area contributed by atoms with Crippen LogP contribution in [0.1, 0.15) is 31.1 Å². The van der Waals surface area contributed by atoms with E-state index in [0.29, 0.717) is 17.8 Å².